The van der Waals surface area contributed by atoms with Crippen LogP contribution in [0.2, 0.25) is 0 Å². The molecule has 0 bridgehead atoms. The van der Waals surface area contributed by atoms with Crippen LogP contribution in [0.3, 0.4) is 0 Å². The third-order valence-corrected chi connectivity index (χ3v) is 7.41. The fraction of sp³-hybridized carbons (Fsp3) is 0.435. The van der Waals surface area contributed by atoms with Gasteiger partial charge in [-0.2, -0.15) is 0 Å². The Morgan fingerprint density at radius 3 is 1.68 bits per heavy atom. The maximum atomic E-state index is 13.6. The summed E-state index contributed by atoms with van der Waals surface area (Å²) in [5.41, 5.74) is 2.58. The van der Waals surface area contributed by atoms with E-state index >= 15 is 0 Å². The van der Waals surface area contributed by atoms with Crippen LogP contribution in [0.25, 0.3) is 0 Å². The van der Waals surface area contributed by atoms with Crippen LogP contribution < -0.4 is 10.6 Å². The zero-order chi connectivity index (χ0) is 18.4. The van der Waals surface area contributed by atoms with Crippen molar-refractivity contribution in [2.24, 2.45) is 5.41 Å². The number of carbonyl (C=O) groups excluding carboxylic acids is 1. The van der Waals surface area contributed by atoms with Crippen molar-refractivity contribution in [2.45, 2.75) is 60.3 Å². The first-order chi connectivity index (χ1) is 11.8. The smallest absolute Gasteiger partial charge is 0.168 e. The van der Waals surface area contributed by atoms with E-state index in [0.29, 0.717) is 5.52 Å². The van der Waals surface area contributed by atoms with E-state index in [1.807, 2.05) is 0 Å². The van der Waals surface area contributed by atoms with Gasteiger partial charge in [0.05, 0.1) is 0 Å². The molecule has 0 aromatic heterocycles. The Labute approximate surface area is 154 Å². The van der Waals surface area contributed by atoms with Crippen LogP contribution >= 0.6 is 7.92 Å². The van der Waals surface area contributed by atoms with Gasteiger partial charge in [-0.15, -0.1) is 0 Å². The van der Waals surface area contributed by atoms with E-state index in [4.69, 9.17) is 0 Å². The number of rotatable bonds is 8. The molecule has 2 aromatic rings. The highest BCUT2D eigenvalue weighted by Gasteiger charge is 2.34. The van der Waals surface area contributed by atoms with Gasteiger partial charge >= 0.3 is 0 Å². The van der Waals surface area contributed by atoms with Gasteiger partial charge in [0.25, 0.3) is 0 Å². The minimum Gasteiger partial charge on any atom is -0.293 e. The van der Waals surface area contributed by atoms with E-state index in [1.165, 1.54) is 24.0 Å². The van der Waals surface area contributed by atoms with Crippen molar-refractivity contribution >= 4 is 24.1 Å². The van der Waals surface area contributed by atoms with E-state index in [-0.39, 0.29) is 5.41 Å². The summed E-state index contributed by atoms with van der Waals surface area (Å²) in [6.07, 6.45) is 4.48. The van der Waals surface area contributed by atoms with Crippen LogP contribution in [0, 0.1) is 19.3 Å². The van der Waals surface area contributed by atoms with Crippen molar-refractivity contribution in [3.05, 3.63) is 59.7 Å². The fourth-order valence-corrected chi connectivity index (χ4v) is 5.38. The van der Waals surface area contributed by atoms with E-state index in [0.717, 1.165) is 23.5 Å². The van der Waals surface area contributed by atoms with Crippen LogP contribution in [-0.2, 0) is 4.79 Å². The first-order valence-electron chi connectivity index (χ1n) is 9.33. The molecule has 0 fully saturated rings. The molecule has 0 saturated heterocycles. The quantitative estimate of drug-likeness (QED) is 0.428. The maximum Gasteiger partial charge on any atom is 0.168 e. The summed E-state index contributed by atoms with van der Waals surface area (Å²) in [6, 6.07) is 17.0. The summed E-state index contributed by atoms with van der Waals surface area (Å²) in [5, 5.41) is 2.33. The largest absolute Gasteiger partial charge is 0.293 e. The molecule has 0 N–H and O–H groups in total. The van der Waals surface area contributed by atoms with E-state index in [2.05, 4.69) is 83.1 Å². The van der Waals surface area contributed by atoms with E-state index in [9.17, 15) is 4.79 Å². The lowest BCUT2D eigenvalue weighted by Gasteiger charge is -2.29. The van der Waals surface area contributed by atoms with Crippen molar-refractivity contribution in [1.29, 1.82) is 0 Å². The third-order valence-electron chi connectivity index (χ3n) is 4.77. The van der Waals surface area contributed by atoms with Crippen molar-refractivity contribution < 1.29 is 4.79 Å². The average Bonchev–Trinajstić information content (AvgIpc) is 2.58. The molecule has 0 radical (unpaired) electrons. The van der Waals surface area contributed by atoms with Crippen molar-refractivity contribution in [3.63, 3.8) is 0 Å². The molecule has 25 heavy (non-hydrogen) atoms. The molecular weight excluding hydrogens is 323 g/mol. The molecule has 0 heterocycles. The van der Waals surface area contributed by atoms with E-state index < -0.39 is 7.92 Å². The van der Waals surface area contributed by atoms with Gasteiger partial charge in [0.15, 0.2) is 5.52 Å². The van der Waals surface area contributed by atoms with Crippen LogP contribution in [0.4, 0.5) is 0 Å². The third kappa shape index (κ3) is 5.25. The van der Waals surface area contributed by atoms with Crippen molar-refractivity contribution in [2.75, 3.05) is 0 Å². The molecule has 134 valence electrons. The zero-order valence-corrected chi connectivity index (χ0v) is 17.2. The van der Waals surface area contributed by atoms with Gasteiger partial charge in [-0.1, -0.05) is 99.7 Å². The van der Waals surface area contributed by atoms with Gasteiger partial charge in [0.1, 0.15) is 0 Å². The standard InChI is InChI=1S/C23H31OP/c1-6-7-8-17-23(4,5)22(24)25(20-13-9-18(2)10-14-20)21-15-11-19(3)12-16-21/h9-16H,6-8,17H2,1-5H3. The molecule has 0 aliphatic rings. The molecule has 0 aliphatic carbocycles. The number of benzene rings is 2. The molecule has 0 spiro atoms. The molecule has 1 nitrogen and oxygen atoms in total. The zero-order valence-electron chi connectivity index (χ0n) is 16.3. The van der Waals surface area contributed by atoms with Crippen molar-refractivity contribution in [3.8, 4) is 0 Å². The topological polar surface area (TPSA) is 17.1 Å². The number of hydrogen-bond donors (Lipinski definition) is 0. The van der Waals surface area contributed by atoms with Crippen LogP contribution in [0.5, 0.6) is 0 Å². The summed E-state index contributed by atoms with van der Waals surface area (Å²) in [7, 11) is -0.985. The van der Waals surface area contributed by atoms with Gasteiger partial charge in [-0.25, -0.2) is 0 Å². The lowest BCUT2D eigenvalue weighted by atomic mass is 9.88. The first-order valence-corrected chi connectivity index (χ1v) is 10.7. The van der Waals surface area contributed by atoms with Gasteiger partial charge < -0.3 is 0 Å². The van der Waals surface area contributed by atoms with Crippen LogP contribution in [0.1, 0.15) is 57.6 Å². The van der Waals surface area contributed by atoms with E-state index in [1.54, 1.807) is 0 Å². The molecule has 0 atom stereocenters. The predicted octanol–water partition coefficient (Wildman–Crippen LogP) is 5.87. The Morgan fingerprint density at radius 2 is 1.28 bits per heavy atom. The summed E-state index contributed by atoms with van der Waals surface area (Å²) < 4.78 is 0. The lowest BCUT2D eigenvalue weighted by Crippen LogP contribution is -2.29. The predicted molar refractivity (Wildman–Crippen MR) is 111 cm³/mol. The van der Waals surface area contributed by atoms with Crippen molar-refractivity contribution in [1.82, 2.24) is 0 Å². The van der Waals surface area contributed by atoms with Gasteiger partial charge in [-0.05, 0) is 30.9 Å². The number of aryl methyl sites for hydroxylation is 2. The SMILES string of the molecule is CCCCCC(C)(C)C(=O)P(c1ccc(C)cc1)c1ccc(C)cc1. The van der Waals surface area contributed by atoms with Gasteiger partial charge in [-0.3, -0.25) is 4.79 Å². The second-order valence-electron chi connectivity index (χ2n) is 7.65. The molecule has 2 rings (SSSR count). The number of hydrogen-bond acceptors (Lipinski definition) is 1. The molecular formula is C23H31OP. The normalized spacial score (nSPS) is 11.8. The Balaban J connectivity index is 2.38. The molecule has 0 unspecified atom stereocenters. The Morgan fingerprint density at radius 1 is 0.840 bits per heavy atom. The fourth-order valence-electron chi connectivity index (χ4n) is 3.00. The molecule has 0 saturated carbocycles. The lowest BCUT2D eigenvalue weighted by molar-refractivity contribution is -0.118. The second-order valence-corrected chi connectivity index (χ2v) is 9.76. The summed E-state index contributed by atoms with van der Waals surface area (Å²) in [4.78, 5) is 13.6. The minimum atomic E-state index is -0.985. The number of unbranched alkanes of at least 4 members (excludes halogenated alkanes) is 2. The highest BCUT2D eigenvalue weighted by atomic mass is 31.1. The van der Waals surface area contributed by atoms with Crippen LogP contribution in [-0.4, -0.2) is 5.52 Å². The highest BCUT2D eigenvalue weighted by Crippen LogP contribution is 2.44. The molecule has 0 aliphatic heterocycles. The second kappa shape index (κ2) is 8.77. The molecule has 2 aromatic carbocycles. The minimum absolute atomic E-state index is 0.281. The highest BCUT2D eigenvalue weighted by molar-refractivity contribution is 7.87. The first kappa shape index (κ1) is 19.9. The Bertz CT molecular complexity index is 638. The summed E-state index contributed by atoms with van der Waals surface area (Å²) in [5.74, 6) is 0. The average molecular weight is 354 g/mol. The maximum absolute atomic E-state index is 13.6. The Hall–Kier alpha value is -1.46. The number of carbonyl (C=O) groups is 1. The van der Waals surface area contributed by atoms with Gasteiger partial charge in [0, 0.05) is 13.3 Å². The van der Waals surface area contributed by atoms with Crippen LogP contribution in [0.15, 0.2) is 48.5 Å². The summed E-state index contributed by atoms with van der Waals surface area (Å²) >= 11 is 0. The molecule has 0 amide bonds. The van der Waals surface area contributed by atoms with Gasteiger partial charge in [0.2, 0.25) is 0 Å². The monoisotopic (exact) mass is 354 g/mol. The molecule has 2 heteroatoms. The summed E-state index contributed by atoms with van der Waals surface area (Å²) in [6.45, 7) is 10.6. The Kier molecular flexibility index (Phi) is 6.96.